The second kappa shape index (κ2) is 4.88. The summed E-state index contributed by atoms with van der Waals surface area (Å²) >= 11 is 0. The Balaban J connectivity index is 1.81. The molecule has 1 unspecified atom stereocenters. The van der Waals surface area contributed by atoms with Gasteiger partial charge in [0.15, 0.2) is 0 Å². The fourth-order valence-corrected chi connectivity index (χ4v) is 5.07. The van der Waals surface area contributed by atoms with Crippen LogP contribution < -0.4 is 5.32 Å². The van der Waals surface area contributed by atoms with Crippen LogP contribution in [0.5, 0.6) is 0 Å². The maximum Gasteiger partial charge on any atom is 0.220 e. The number of sulfone groups is 1. The number of hydrogen-bond donors (Lipinski definition) is 1. The SMILES string of the molecule is O=C1CC2(CCS(=O)(=O)CC2)C(Cc2ccccc2)N1. The van der Waals surface area contributed by atoms with E-state index in [9.17, 15) is 13.2 Å². The fraction of sp³-hybridized carbons (Fsp3) is 0.533. The molecule has 2 aliphatic rings. The van der Waals surface area contributed by atoms with E-state index in [1.165, 1.54) is 5.56 Å². The summed E-state index contributed by atoms with van der Waals surface area (Å²) in [6.07, 6.45) is 2.46. The molecule has 2 heterocycles. The maximum absolute atomic E-state index is 11.8. The molecule has 2 fully saturated rings. The lowest BCUT2D eigenvalue weighted by molar-refractivity contribution is -0.119. The van der Waals surface area contributed by atoms with Crippen LogP contribution in [-0.4, -0.2) is 31.9 Å². The lowest BCUT2D eigenvalue weighted by atomic mass is 9.73. The molecule has 0 aliphatic carbocycles. The molecule has 1 amide bonds. The lowest BCUT2D eigenvalue weighted by Crippen LogP contribution is -2.44. The van der Waals surface area contributed by atoms with Gasteiger partial charge in [-0.15, -0.1) is 0 Å². The van der Waals surface area contributed by atoms with E-state index in [0.29, 0.717) is 19.3 Å². The van der Waals surface area contributed by atoms with Gasteiger partial charge in [0.2, 0.25) is 5.91 Å². The highest BCUT2D eigenvalue weighted by molar-refractivity contribution is 7.91. The van der Waals surface area contributed by atoms with E-state index in [-0.39, 0.29) is 28.9 Å². The Kier molecular flexibility index (Phi) is 3.32. The molecular formula is C15H19NO3S. The second-order valence-electron chi connectivity index (χ2n) is 6.00. The van der Waals surface area contributed by atoms with Crippen LogP contribution in [0.15, 0.2) is 30.3 Å². The predicted molar refractivity (Wildman–Crippen MR) is 77.0 cm³/mol. The number of carbonyl (C=O) groups is 1. The van der Waals surface area contributed by atoms with Gasteiger partial charge in [-0.25, -0.2) is 8.42 Å². The van der Waals surface area contributed by atoms with Gasteiger partial charge >= 0.3 is 0 Å². The van der Waals surface area contributed by atoms with E-state index in [1.54, 1.807) is 0 Å². The molecule has 5 heteroatoms. The third-order valence-corrected chi connectivity index (χ3v) is 6.34. The van der Waals surface area contributed by atoms with E-state index in [1.807, 2.05) is 18.2 Å². The normalized spacial score (nSPS) is 27.4. The van der Waals surface area contributed by atoms with Gasteiger partial charge in [0, 0.05) is 17.9 Å². The summed E-state index contributed by atoms with van der Waals surface area (Å²) in [5.74, 6) is 0.491. The Labute approximate surface area is 119 Å². The average Bonchev–Trinajstić information content (AvgIpc) is 2.71. The third-order valence-electron chi connectivity index (χ3n) is 4.69. The number of benzene rings is 1. The minimum Gasteiger partial charge on any atom is -0.352 e. The first-order valence-electron chi connectivity index (χ1n) is 7.03. The van der Waals surface area contributed by atoms with E-state index in [2.05, 4.69) is 17.4 Å². The highest BCUT2D eigenvalue weighted by Gasteiger charge is 2.49. The first kappa shape index (κ1) is 13.6. The van der Waals surface area contributed by atoms with Crippen molar-refractivity contribution in [1.82, 2.24) is 5.32 Å². The van der Waals surface area contributed by atoms with E-state index in [0.717, 1.165) is 6.42 Å². The molecule has 108 valence electrons. The zero-order valence-corrected chi connectivity index (χ0v) is 12.2. The molecular weight excluding hydrogens is 274 g/mol. The Morgan fingerprint density at radius 2 is 1.80 bits per heavy atom. The van der Waals surface area contributed by atoms with Gasteiger partial charge < -0.3 is 5.32 Å². The molecule has 1 aromatic rings. The summed E-state index contributed by atoms with van der Waals surface area (Å²) in [5, 5.41) is 3.06. The van der Waals surface area contributed by atoms with Crippen LogP contribution in [0, 0.1) is 5.41 Å². The van der Waals surface area contributed by atoms with Crippen LogP contribution in [0.1, 0.15) is 24.8 Å². The molecule has 1 N–H and O–H groups in total. The third kappa shape index (κ3) is 2.59. The van der Waals surface area contributed by atoms with Crippen molar-refractivity contribution in [2.24, 2.45) is 5.41 Å². The van der Waals surface area contributed by atoms with Crippen molar-refractivity contribution in [3.8, 4) is 0 Å². The molecule has 0 saturated carbocycles. The Morgan fingerprint density at radius 3 is 2.45 bits per heavy atom. The van der Waals surface area contributed by atoms with Gasteiger partial charge in [-0.3, -0.25) is 4.79 Å². The topological polar surface area (TPSA) is 63.2 Å². The highest BCUT2D eigenvalue weighted by atomic mass is 32.2. The van der Waals surface area contributed by atoms with Gasteiger partial charge in [0.25, 0.3) is 0 Å². The molecule has 20 heavy (non-hydrogen) atoms. The van der Waals surface area contributed by atoms with Crippen molar-refractivity contribution in [2.45, 2.75) is 31.7 Å². The molecule has 0 bridgehead atoms. The molecule has 1 spiro atoms. The average molecular weight is 293 g/mol. The van der Waals surface area contributed by atoms with Crippen molar-refractivity contribution >= 4 is 15.7 Å². The van der Waals surface area contributed by atoms with Gasteiger partial charge in [-0.1, -0.05) is 30.3 Å². The standard InChI is InChI=1S/C15H19NO3S/c17-14-11-15(6-8-20(18,19)9-7-15)13(16-14)10-12-4-2-1-3-5-12/h1-5,13H,6-11H2,(H,16,17). The van der Waals surface area contributed by atoms with Crippen molar-refractivity contribution in [3.63, 3.8) is 0 Å². The highest BCUT2D eigenvalue weighted by Crippen LogP contribution is 2.43. The lowest BCUT2D eigenvalue weighted by Gasteiger charge is -2.37. The molecule has 0 aromatic heterocycles. The van der Waals surface area contributed by atoms with Crippen molar-refractivity contribution in [1.29, 1.82) is 0 Å². The van der Waals surface area contributed by atoms with Crippen LogP contribution in [0.25, 0.3) is 0 Å². The molecule has 2 saturated heterocycles. The van der Waals surface area contributed by atoms with Gasteiger partial charge in [0.1, 0.15) is 9.84 Å². The number of rotatable bonds is 2. The summed E-state index contributed by atoms with van der Waals surface area (Å²) in [5.41, 5.74) is 1.02. The molecule has 3 rings (SSSR count). The summed E-state index contributed by atoms with van der Waals surface area (Å²) in [7, 11) is -2.90. The molecule has 1 atom stereocenters. The quantitative estimate of drug-likeness (QED) is 0.894. The largest absolute Gasteiger partial charge is 0.352 e. The summed E-state index contributed by atoms with van der Waals surface area (Å²) in [6.45, 7) is 0. The smallest absolute Gasteiger partial charge is 0.220 e. The molecule has 1 aromatic carbocycles. The number of hydrogen-bond acceptors (Lipinski definition) is 3. The minimum absolute atomic E-state index is 0.0604. The van der Waals surface area contributed by atoms with Crippen molar-refractivity contribution in [3.05, 3.63) is 35.9 Å². The first-order valence-corrected chi connectivity index (χ1v) is 8.85. The minimum atomic E-state index is -2.90. The monoisotopic (exact) mass is 293 g/mol. The molecule has 0 radical (unpaired) electrons. The van der Waals surface area contributed by atoms with E-state index >= 15 is 0 Å². The van der Waals surface area contributed by atoms with Gasteiger partial charge in [-0.05, 0) is 24.8 Å². The first-order chi connectivity index (χ1) is 9.49. The van der Waals surface area contributed by atoms with Crippen LogP contribution in [0.3, 0.4) is 0 Å². The summed E-state index contributed by atoms with van der Waals surface area (Å²) in [4.78, 5) is 11.8. The van der Waals surface area contributed by atoms with Crippen LogP contribution >= 0.6 is 0 Å². The maximum atomic E-state index is 11.8. The molecule has 2 aliphatic heterocycles. The Morgan fingerprint density at radius 1 is 1.15 bits per heavy atom. The Hall–Kier alpha value is -1.36. The van der Waals surface area contributed by atoms with Crippen molar-refractivity contribution in [2.75, 3.05) is 11.5 Å². The number of amides is 1. The van der Waals surface area contributed by atoms with Crippen molar-refractivity contribution < 1.29 is 13.2 Å². The Bertz CT molecular complexity index is 595. The van der Waals surface area contributed by atoms with E-state index < -0.39 is 9.84 Å². The number of nitrogens with one attached hydrogen (secondary N) is 1. The van der Waals surface area contributed by atoms with Crippen LogP contribution in [0.2, 0.25) is 0 Å². The molecule has 4 nitrogen and oxygen atoms in total. The number of carbonyl (C=O) groups excluding carboxylic acids is 1. The van der Waals surface area contributed by atoms with Gasteiger partial charge in [-0.2, -0.15) is 0 Å². The van der Waals surface area contributed by atoms with Crippen LogP contribution in [0.4, 0.5) is 0 Å². The summed E-state index contributed by atoms with van der Waals surface area (Å²) in [6, 6.07) is 10.1. The van der Waals surface area contributed by atoms with Gasteiger partial charge in [0.05, 0.1) is 11.5 Å². The predicted octanol–water partition coefficient (Wildman–Crippen LogP) is 1.31. The zero-order valence-electron chi connectivity index (χ0n) is 11.3. The fourth-order valence-electron chi connectivity index (χ4n) is 3.43. The second-order valence-corrected chi connectivity index (χ2v) is 8.30. The summed E-state index contributed by atoms with van der Waals surface area (Å²) < 4.78 is 23.3. The zero-order chi connectivity index (χ0) is 14.2. The van der Waals surface area contributed by atoms with Crippen LogP contribution in [-0.2, 0) is 21.1 Å². The van der Waals surface area contributed by atoms with E-state index in [4.69, 9.17) is 0 Å².